The Morgan fingerprint density at radius 2 is 1.48 bits per heavy atom. The second kappa shape index (κ2) is 17.3. The highest BCUT2D eigenvalue weighted by Crippen LogP contribution is 2.45. The summed E-state index contributed by atoms with van der Waals surface area (Å²) in [5.74, 6) is -2.76. The van der Waals surface area contributed by atoms with Crippen molar-refractivity contribution in [3.8, 4) is 0 Å². The highest BCUT2D eigenvalue weighted by Gasteiger charge is 2.62. The zero-order chi connectivity index (χ0) is 44.7. The number of halogens is 1. The molecular formula is C43H55ClN6O10S. The number of alkyl carbamates (subject to hydrolysis) is 1. The van der Waals surface area contributed by atoms with Gasteiger partial charge in [0.15, 0.2) is 0 Å². The Balaban J connectivity index is 0.000000441. The van der Waals surface area contributed by atoms with Crippen molar-refractivity contribution < 1.29 is 46.7 Å². The first kappa shape index (κ1) is 45.4. The Hall–Kier alpha value is -5.16. The van der Waals surface area contributed by atoms with E-state index in [-0.39, 0.29) is 24.8 Å². The maximum atomic E-state index is 14.3. The number of carbonyl (C=O) groups is 6. The number of ether oxygens (including phenoxy) is 2. The second-order valence-corrected chi connectivity index (χ2v) is 20.5. The molecule has 2 aromatic rings. The van der Waals surface area contributed by atoms with E-state index in [4.69, 9.17) is 21.1 Å². The minimum Gasteiger partial charge on any atom is -0.444 e. The molecule has 0 bridgehead atoms. The van der Waals surface area contributed by atoms with E-state index in [0.717, 1.165) is 23.4 Å². The van der Waals surface area contributed by atoms with Gasteiger partial charge in [0, 0.05) is 31.1 Å². The number of sulfonamides is 1. The van der Waals surface area contributed by atoms with E-state index in [1.807, 2.05) is 48.5 Å². The van der Waals surface area contributed by atoms with Gasteiger partial charge in [-0.1, -0.05) is 63.2 Å². The number of fused-ring (bicyclic) bond motifs is 2. The average Bonchev–Trinajstić information content (AvgIpc) is 4.00. The van der Waals surface area contributed by atoms with E-state index in [1.54, 1.807) is 46.4 Å². The number of benzene rings is 2. The molecule has 1 unspecified atom stereocenters. The van der Waals surface area contributed by atoms with Crippen LogP contribution in [0.4, 0.5) is 25.8 Å². The summed E-state index contributed by atoms with van der Waals surface area (Å²) < 4.78 is 38.6. The Kier molecular flexibility index (Phi) is 12.9. The molecule has 3 heterocycles. The van der Waals surface area contributed by atoms with Gasteiger partial charge < -0.3 is 25.0 Å². The molecule has 2 saturated carbocycles. The molecule has 5 aliphatic rings. The van der Waals surface area contributed by atoms with Gasteiger partial charge >= 0.3 is 17.6 Å². The molecular weight excluding hydrogens is 828 g/mol. The van der Waals surface area contributed by atoms with Crippen LogP contribution in [-0.4, -0.2) is 103 Å². The predicted molar refractivity (Wildman–Crippen MR) is 228 cm³/mol. The number of rotatable bonds is 9. The molecule has 0 radical (unpaired) electrons. The van der Waals surface area contributed by atoms with Crippen molar-refractivity contribution in [2.75, 3.05) is 29.4 Å². The van der Waals surface area contributed by atoms with Gasteiger partial charge in [0.1, 0.15) is 29.3 Å². The second-order valence-electron chi connectivity index (χ2n) is 18.2. The number of carbonyl (C=O) groups excluding carboxylic acids is 6. The maximum absolute atomic E-state index is 14.3. The Morgan fingerprint density at radius 3 is 2.00 bits per heavy atom. The normalized spacial score (nSPS) is 23.3. The molecule has 16 nitrogen and oxygen atoms in total. The number of likely N-dealkylation sites (tertiary alicyclic amines) is 1. The zero-order valence-corrected chi connectivity index (χ0v) is 36.9. The van der Waals surface area contributed by atoms with Crippen LogP contribution in [0, 0.1) is 11.3 Å². The molecule has 18 heteroatoms. The summed E-state index contributed by atoms with van der Waals surface area (Å²) in [6.07, 6.45) is 1.59. The molecule has 330 valence electrons. The quantitative estimate of drug-likeness (QED) is 0.172. The topological polar surface area (TPSA) is 201 Å². The Morgan fingerprint density at radius 1 is 0.902 bits per heavy atom. The van der Waals surface area contributed by atoms with Crippen LogP contribution in [0.15, 0.2) is 61.2 Å². The summed E-state index contributed by atoms with van der Waals surface area (Å²) in [6, 6.07) is 12.9. The van der Waals surface area contributed by atoms with Gasteiger partial charge in [0.2, 0.25) is 21.8 Å². The molecule has 0 spiro atoms. The van der Waals surface area contributed by atoms with Gasteiger partial charge in [-0.15, -0.1) is 6.58 Å². The van der Waals surface area contributed by atoms with Crippen LogP contribution in [0.5, 0.6) is 0 Å². The van der Waals surface area contributed by atoms with Crippen molar-refractivity contribution in [1.82, 2.24) is 20.3 Å². The first-order chi connectivity index (χ1) is 28.5. The van der Waals surface area contributed by atoms with E-state index in [0.29, 0.717) is 32.4 Å². The summed E-state index contributed by atoms with van der Waals surface area (Å²) >= 11 is 5.40. The van der Waals surface area contributed by atoms with E-state index in [9.17, 15) is 37.2 Å². The molecule has 0 aromatic heterocycles. The Bertz CT molecular complexity index is 2200. The molecule has 61 heavy (non-hydrogen) atoms. The molecule has 3 N–H and O–H groups in total. The van der Waals surface area contributed by atoms with Gasteiger partial charge in [-0.25, -0.2) is 18.0 Å². The number of amides is 6. The van der Waals surface area contributed by atoms with E-state index < -0.39 is 85.8 Å². The largest absolute Gasteiger partial charge is 0.444 e. The lowest BCUT2D eigenvalue weighted by Gasteiger charge is -2.36. The lowest BCUT2D eigenvalue weighted by atomic mass is 9.85. The van der Waals surface area contributed by atoms with Crippen LogP contribution in [0.2, 0.25) is 0 Å². The van der Waals surface area contributed by atoms with Crippen molar-refractivity contribution in [2.24, 2.45) is 11.3 Å². The summed E-state index contributed by atoms with van der Waals surface area (Å²) in [5, 5.41) is 4.34. The lowest BCUT2D eigenvalue weighted by Crippen LogP contribution is -2.60. The average molecular weight is 883 g/mol. The fraction of sp³-hybridized carbons (Fsp3) is 0.535. The number of nitrogens with zero attached hydrogens (tertiary/aromatic N) is 3. The minimum absolute atomic E-state index is 0.0983. The van der Waals surface area contributed by atoms with Crippen molar-refractivity contribution in [2.45, 2.75) is 115 Å². The highest BCUT2D eigenvalue weighted by atomic mass is 35.5. The third-order valence-corrected chi connectivity index (χ3v) is 13.4. The highest BCUT2D eigenvalue weighted by molar-refractivity contribution is 7.91. The fourth-order valence-electron chi connectivity index (χ4n) is 7.89. The van der Waals surface area contributed by atoms with Crippen molar-refractivity contribution in [1.29, 1.82) is 0 Å². The monoisotopic (exact) mass is 882 g/mol. The summed E-state index contributed by atoms with van der Waals surface area (Å²) in [4.78, 5) is 83.3. The molecule has 1 saturated heterocycles. The number of anilines is 2. The first-order valence-corrected chi connectivity index (χ1v) is 22.4. The standard InChI is InChI=1S/C34H47N5O9S.C9H8ClNO/c1-8-21-18-34(21,29(42)37-49(45,46)23-13-14-23)36-27(40)25-17-22(47-31(44)38-16-15-20-11-9-10-12-24(20)38)19-39(25)28(41)26(32(2,3)4)35-30(43)48-33(5,6)7;10-9(12)11-6-5-7-3-1-2-4-8(7)11/h8-12,21-23,25-26H,1,13-19H2,2-7H3,(H,35,43)(H,36,40)(H,37,42);1-4H,5-6H2/t21?,22-,25+,26-,34-;/m1./s1. The SMILES string of the molecule is C=CC1C[C@]1(NC(=O)[C@@H]1C[C@@H](OC(=O)N2CCc3ccccc32)CN1C(=O)[C@@H](NC(=O)OC(C)(C)C)C(C)(C)C)C(=O)NS(=O)(=O)C1CC1.O=C(Cl)N1CCc2ccccc21. The van der Waals surface area contributed by atoms with Crippen LogP contribution >= 0.6 is 11.6 Å². The number of nitrogens with one attached hydrogen (secondary N) is 3. The van der Waals surface area contributed by atoms with Gasteiger partial charge in [-0.05, 0) is 93.2 Å². The van der Waals surface area contributed by atoms with Crippen molar-refractivity contribution in [3.05, 3.63) is 72.3 Å². The lowest BCUT2D eigenvalue weighted by molar-refractivity contribution is -0.143. The van der Waals surface area contributed by atoms with E-state index in [1.165, 1.54) is 21.4 Å². The van der Waals surface area contributed by atoms with Crippen molar-refractivity contribution in [3.63, 3.8) is 0 Å². The van der Waals surface area contributed by atoms with Crippen LogP contribution in [0.25, 0.3) is 0 Å². The van der Waals surface area contributed by atoms with Gasteiger partial charge in [-0.3, -0.25) is 33.7 Å². The van der Waals surface area contributed by atoms with E-state index in [2.05, 4.69) is 21.9 Å². The van der Waals surface area contributed by atoms with Gasteiger partial charge in [0.05, 0.1) is 17.5 Å². The summed E-state index contributed by atoms with van der Waals surface area (Å²) in [7, 11) is -3.91. The third kappa shape index (κ3) is 10.3. The van der Waals surface area contributed by atoms with Crippen LogP contribution in [0.1, 0.15) is 78.4 Å². The van der Waals surface area contributed by atoms with Crippen molar-refractivity contribution >= 4 is 68.3 Å². The molecule has 5 atom stereocenters. The van der Waals surface area contributed by atoms with Crippen LogP contribution < -0.4 is 25.2 Å². The molecule has 2 aromatic carbocycles. The van der Waals surface area contributed by atoms with E-state index >= 15 is 0 Å². The van der Waals surface area contributed by atoms with Crippen LogP contribution in [0.3, 0.4) is 0 Å². The van der Waals surface area contributed by atoms with Crippen LogP contribution in [-0.2, 0) is 46.7 Å². The maximum Gasteiger partial charge on any atom is 0.414 e. The fourth-order valence-corrected chi connectivity index (χ4v) is 9.43. The minimum atomic E-state index is -3.91. The Labute approximate surface area is 361 Å². The molecule has 6 amide bonds. The third-order valence-electron chi connectivity index (χ3n) is 11.3. The number of hydrogen-bond donors (Lipinski definition) is 3. The number of hydrogen-bond acceptors (Lipinski definition) is 10. The smallest absolute Gasteiger partial charge is 0.414 e. The van der Waals surface area contributed by atoms with Gasteiger partial charge in [-0.2, -0.15) is 0 Å². The molecule has 3 fully saturated rings. The summed E-state index contributed by atoms with van der Waals surface area (Å²) in [5.41, 5.74) is 0.611. The summed E-state index contributed by atoms with van der Waals surface area (Å²) in [6.45, 7) is 15.0. The van der Waals surface area contributed by atoms with Gasteiger partial charge in [0.25, 0.3) is 5.91 Å². The molecule has 7 rings (SSSR count). The number of para-hydroxylation sites is 2. The predicted octanol–water partition coefficient (Wildman–Crippen LogP) is 5.17. The first-order valence-electron chi connectivity index (χ1n) is 20.5. The molecule has 2 aliphatic carbocycles. The molecule has 3 aliphatic heterocycles. The zero-order valence-electron chi connectivity index (χ0n) is 35.4.